The molecule has 2 rings (SSSR count). The van der Waals surface area contributed by atoms with Gasteiger partial charge in [0.05, 0.1) is 25.3 Å². The van der Waals surface area contributed by atoms with Crippen LogP contribution in [0.2, 0.25) is 0 Å². The van der Waals surface area contributed by atoms with Crippen molar-refractivity contribution in [1.82, 2.24) is 15.5 Å². The van der Waals surface area contributed by atoms with E-state index in [0.717, 1.165) is 51.9 Å². The molecule has 2 heterocycles. The number of guanidine groups is 1. The Bertz CT molecular complexity index is 353. The molecule has 2 aliphatic rings. The second-order valence-electron chi connectivity index (χ2n) is 6.46. The second kappa shape index (κ2) is 10.4. The molecule has 2 N–H and O–H groups in total. The van der Waals surface area contributed by atoms with Gasteiger partial charge in [0.15, 0.2) is 5.96 Å². The highest BCUT2D eigenvalue weighted by molar-refractivity contribution is 7.99. The van der Waals surface area contributed by atoms with Gasteiger partial charge >= 0.3 is 0 Å². The number of hydrogen-bond donors (Lipinski definition) is 2. The van der Waals surface area contributed by atoms with Crippen LogP contribution in [0, 0.1) is 0 Å². The van der Waals surface area contributed by atoms with Crippen LogP contribution in [0.3, 0.4) is 0 Å². The van der Waals surface area contributed by atoms with E-state index in [1.807, 2.05) is 0 Å². The third-order valence-electron chi connectivity index (χ3n) is 4.71. The Labute approximate surface area is 146 Å². The van der Waals surface area contributed by atoms with Crippen LogP contribution in [0.25, 0.3) is 0 Å². The molecule has 0 bridgehead atoms. The first-order valence-electron chi connectivity index (χ1n) is 9.23. The van der Waals surface area contributed by atoms with Crippen LogP contribution in [0.15, 0.2) is 4.99 Å². The van der Waals surface area contributed by atoms with Crippen LogP contribution in [-0.2, 0) is 4.74 Å². The molecule has 6 heteroatoms. The normalized spacial score (nSPS) is 26.4. The first-order valence-corrected chi connectivity index (χ1v) is 10.4. The molecule has 0 aromatic rings. The van der Waals surface area contributed by atoms with Gasteiger partial charge in [0.1, 0.15) is 0 Å². The van der Waals surface area contributed by atoms with Crippen molar-refractivity contribution in [2.45, 2.75) is 45.1 Å². The molecule has 2 fully saturated rings. The van der Waals surface area contributed by atoms with E-state index < -0.39 is 0 Å². The molecule has 1 atom stereocenters. The van der Waals surface area contributed by atoms with Gasteiger partial charge in [-0.2, -0.15) is 11.8 Å². The van der Waals surface area contributed by atoms with Crippen molar-refractivity contribution >= 4 is 17.7 Å². The summed E-state index contributed by atoms with van der Waals surface area (Å²) in [5, 5.41) is 6.88. The Kier molecular flexibility index (Phi) is 8.55. The summed E-state index contributed by atoms with van der Waals surface area (Å²) < 4.78 is 5.54. The third kappa shape index (κ3) is 5.84. The number of nitrogens with one attached hydrogen (secondary N) is 2. The van der Waals surface area contributed by atoms with Crippen molar-refractivity contribution in [2.75, 3.05) is 57.4 Å². The van der Waals surface area contributed by atoms with E-state index in [2.05, 4.69) is 41.1 Å². The van der Waals surface area contributed by atoms with Crippen molar-refractivity contribution in [3.8, 4) is 0 Å². The van der Waals surface area contributed by atoms with Gasteiger partial charge < -0.3 is 15.4 Å². The Hall–Kier alpha value is -0.460. The minimum absolute atomic E-state index is 0.236. The van der Waals surface area contributed by atoms with E-state index in [1.165, 1.54) is 37.2 Å². The molecule has 134 valence electrons. The number of thioether (sulfide) groups is 1. The lowest BCUT2D eigenvalue weighted by atomic mass is 9.96. The Morgan fingerprint density at radius 1 is 1.22 bits per heavy atom. The van der Waals surface area contributed by atoms with Crippen LogP contribution >= 0.6 is 11.8 Å². The standard InChI is InChI=1S/C17H34N4OS/c1-3-5-6-8-19-16(18-4-2)20-14-17(7-13-23-15-17)21-9-11-22-12-10-21/h3-15H2,1-2H3,(H2,18,19,20). The van der Waals surface area contributed by atoms with Gasteiger partial charge in [-0.3, -0.25) is 9.89 Å². The molecule has 0 radical (unpaired) electrons. The number of nitrogens with zero attached hydrogens (tertiary/aromatic N) is 2. The summed E-state index contributed by atoms with van der Waals surface area (Å²) in [6, 6.07) is 0. The lowest BCUT2D eigenvalue weighted by Crippen LogP contribution is -2.56. The van der Waals surface area contributed by atoms with Crippen molar-refractivity contribution in [3.63, 3.8) is 0 Å². The number of morpholine rings is 1. The minimum Gasteiger partial charge on any atom is -0.379 e. The molecule has 0 spiro atoms. The van der Waals surface area contributed by atoms with Crippen LogP contribution in [-0.4, -0.2) is 73.8 Å². The number of hydrogen-bond acceptors (Lipinski definition) is 4. The summed E-state index contributed by atoms with van der Waals surface area (Å²) in [6.07, 6.45) is 5.00. The van der Waals surface area contributed by atoms with Gasteiger partial charge in [-0.1, -0.05) is 19.8 Å². The summed E-state index contributed by atoms with van der Waals surface area (Å²) in [5.74, 6) is 3.44. The Morgan fingerprint density at radius 2 is 2.04 bits per heavy atom. The van der Waals surface area contributed by atoms with Crippen molar-refractivity contribution in [1.29, 1.82) is 0 Å². The van der Waals surface area contributed by atoms with E-state index >= 15 is 0 Å². The van der Waals surface area contributed by atoms with E-state index in [9.17, 15) is 0 Å². The molecular formula is C17H34N4OS. The van der Waals surface area contributed by atoms with Gasteiger partial charge in [0, 0.05) is 31.9 Å². The van der Waals surface area contributed by atoms with Crippen LogP contribution in [0.4, 0.5) is 0 Å². The highest BCUT2D eigenvalue weighted by Gasteiger charge is 2.40. The zero-order chi connectivity index (χ0) is 16.4. The summed E-state index contributed by atoms with van der Waals surface area (Å²) in [7, 11) is 0. The molecule has 1 unspecified atom stereocenters. The van der Waals surface area contributed by atoms with E-state index in [0.29, 0.717) is 0 Å². The number of unbranched alkanes of at least 4 members (excludes halogenated alkanes) is 2. The van der Waals surface area contributed by atoms with Crippen molar-refractivity contribution in [3.05, 3.63) is 0 Å². The quantitative estimate of drug-likeness (QED) is 0.401. The summed E-state index contributed by atoms with van der Waals surface area (Å²) in [5.41, 5.74) is 0.236. The van der Waals surface area contributed by atoms with E-state index in [-0.39, 0.29) is 5.54 Å². The van der Waals surface area contributed by atoms with Crippen LogP contribution < -0.4 is 10.6 Å². The zero-order valence-electron chi connectivity index (χ0n) is 14.9. The molecule has 0 amide bonds. The fraction of sp³-hybridized carbons (Fsp3) is 0.941. The molecule has 0 aromatic carbocycles. The summed E-state index contributed by atoms with van der Waals surface area (Å²) >= 11 is 2.07. The maximum absolute atomic E-state index is 5.54. The van der Waals surface area contributed by atoms with Crippen molar-refractivity contribution < 1.29 is 4.74 Å². The first kappa shape index (κ1) is 18.9. The fourth-order valence-electron chi connectivity index (χ4n) is 3.26. The molecule has 2 saturated heterocycles. The lowest BCUT2D eigenvalue weighted by Gasteiger charge is -2.42. The maximum atomic E-state index is 5.54. The molecule has 0 aliphatic carbocycles. The fourth-order valence-corrected chi connectivity index (χ4v) is 4.72. The van der Waals surface area contributed by atoms with Crippen LogP contribution in [0.5, 0.6) is 0 Å². The molecule has 5 nitrogen and oxygen atoms in total. The van der Waals surface area contributed by atoms with Gasteiger partial charge in [-0.15, -0.1) is 0 Å². The van der Waals surface area contributed by atoms with Crippen molar-refractivity contribution in [2.24, 2.45) is 4.99 Å². The molecular weight excluding hydrogens is 308 g/mol. The SMILES string of the molecule is CCCCCNC(=NCC1(N2CCOCC2)CCSC1)NCC. The number of rotatable bonds is 8. The van der Waals surface area contributed by atoms with E-state index in [4.69, 9.17) is 9.73 Å². The Balaban J connectivity index is 1.93. The van der Waals surface area contributed by atoms with E-state index in [1.54, 1.807) is 0 Å². The molecule has 23 heavy (non-hydrogen) atoms. The highest BCUT2D eigenvalue weighted by atomic mass is 32.2. The molecule has 0 aromatic heterocycles. The predicted octanol–water partition coefficient (Wildman–Crippen LogP) is 1.94. The average Bonchev–Trinajstić information content (AvgIpc) is 3.07. The van der Waals surface area contributed by atoms with Gasteiger partial charge in [0.2, 0.25) is 0 Å². The number of aliphatic imine (C=N–C) groups is 1. The van der Waals surface area contributed by atoms with Gasteiger partial charge in [-0.05, 0) is 25.5 Å². The largest absolute Gasteiger partial charge is 0.379 e. The van der Waals surface area contributed by atoms with Gasteiger partial charge in [0.25, 0.3) is 0 Å². The minimum atomic E-state index is 0.236. The molecule has 0 saturated carbocycles. The monoisotopic (exact) mass is 342 g/mol. The zero-order valence-corrected chi connectivity index (χ0v) is 15.7. The Morgan fingerprint density at radius 3 is 2.70 bits per heavy atom. The third-order valence-corrected chi connectivity index (χ3v) is 5.95. The topological polar surface area (TPSA) is 48.9 Å². The predicted molar refractivity (Wildman–Crippen MR) is 101 cm³/mol. The summed E-state index contributed by atoms with van der Waals surface area (Å²) in [6.45, 7) is 11.0. The lowest BCUT2D eigenvalue weighted by molar-refractivity contribution is -0.0104. The second-order valence-corrected chi connectivity index (χ2v) is 7.56. The van der Waals surface area contributed by atoms with Gasteiger partial charge in [-0.25, -0.2) is 0 Å². The molecule has 2 aliphatic heterocycles. The first-order chi connectivity index (χ1) is 11.3. The average molecular weight is 343 g/mol. The number of ether oxygens (including phenoxy) is 1. The highest BCUT2D eigenvalue weighted by Crippen LogP contribution is 2.34. The van der Waals surface area contributed by atoms with Crippen LogP contribution in [0.1, 0.15) is 39.5 Å². The maximum Gasteiger partial charge on any atom is 0.191 e. The summed E-state index contributed by atoms with van der Waals surface area (Å²) in [4.78, 5) is 7.56. The smallest absolute Gasteiger partial charge is 0.191 e.